The molecule has 2 aromatic rings. The van der Waals surface area contributed by atoms with E-state index in [9.17, 15) is 18.0 Å². The molecule has 2 bridgehead atoms. The highest BCUT2D eigenvalue weighted by Gasteiger charge is 2.35. The van der Waals surface area contributed by atoms with Crippen molar-refractivity contribution in [2.24, 2.45) is 11.7 Å². The SMILES string of the molecule is CSCC1C(Cc2cccc(Oc3ccc(C(F)(F)F)cn3)c2)=C2CCN(CC2)OC(=O)C1N. The molecule has 2 atom stereocenters. The van der Waals surface area contributed by atoms with Crippen LogP contribution in [-0.2, 0) is 22.2 Å². The lowest BCUT2D eigenvalue weighted by atomic mass is 9.83. The molecule has 10 heteroatoms. The molecule has 5 rings (SSSR count). The zero-order chi connectivity index (χ0) is 24.3. The monoisotopic (exact) mass is 493 g/mol. The number of aromatic nitrogens is 1. The van der Waals surface area contributed by atoms with E-state index < -0.39 is 23.8 Å². The highest BCUT2D eigenvalue weighted by Crippen LogP contribution is 2.34. The Morgan fingerprint density at radius 2 is 2.00 bits per heavy atom. The number of hydroxylamine groups is 2. The first-order valence-electron chi connectivity index (χ1n) is 11.0. The summed E-state index contributed by atoms with van der Waals surface area (Å²) in [5.41, 5.74) is 8.95. The Labute approximate surface area is 200 Å². The lowest BCUT2D eigenvalue weighted by Crippen LogP contribution is -2.43. The van der Waals surface area contributed by atoms with Crippen LogP contribution in [0.2, 0.25) is 0 Å². The Hall–Kier alpha value is -2.56. The minimum atomic E-state index is -4.45. The lowest BCUT2D eigenvalue weighted by molar-refractivity contribution is -0.194. The highest BCUT2D eigenvalue weighted by atomic mass is 32.2. The number of nitrogens with zero attached hydrogens (tertiary/aromatic N) is 2. The van der Waals surface area contributed by atoms with E-state index in [-0.39, 0.29) is 11.8 Å². The fourth-order valence-corrected chi connectivity index (χ4v) is 5.08. The van der Waals surface area contributed by atoms with Gasteiger partial charge in [-0.05, 0) is 49.3 Å². The van der Waals surface area contributed by atoms with E-state index in [0.29, 0.717) is 31.0 Å². The van der Waals surface area contributed by atoms with Gasteiger partial charge in [0.2, 0.25) is 5.88 Å². The second-order valence-electron chi connectivity index (χ2n) is 8.36. The lowest BCUT2D eigenvalue weighted by Gasteiger charge is -2.27. The number of alkyl halides is 3. The molecular weight excluding hydrogens is 467 g/mol. The van der Waals surface area contributed by atoms with Crippen LogP contribution >= 0.6 is 11.8 Å². The average molecular weight is 494 g/mol. The Balaban J connectivity index is 1.58. The minimum absolute atomic E-state index is 0.0759. The molecule has 1 aromatic heterocycles. The van der Waals surface area contributed by atoms with Crippen molar-refractivity contribution in [2.45, 2.75) is 31.5 Å². The number of rotatable bonds is 6. The van der Waals surface area contributed by atoms with Gasteiger partial charge in [-0.1, -0.05) is 23.3 Å². The first kappa shape index (κ1) is 24.6. The topological polar surface area (TPSA) is 77.7 Å². The number of benzene rings is 1. The summed E-state index contributed by atoms with van der Waals surface area (Å²) in [6.45, 7) is 1.29. The molecule has 0 spiro atoms. The molecule has 6 nitrogen and oxygen atoms in total. The summed E-state index contributed by atoms with van der Waals surface area (Å²) in [5, 5.41) is 1.69. The van der Waals surface area contributed by atoms with Crippen molar-refractivity contribution >= 4 is 17.7 Å². The summed E-state index contributed by atoms with van der Waals surface area (Å²) in [5.74, 6) is 0.674. The molecule has 0 saturated carbocycles. The third kappa shape index (κ3) is 5.73. The molecule has 2 unspecified atom stereocenters. The van der Waals surface area contributed by atoms with Crippen molar-refractivity contribution in [2.75, 3.05) is 25.1 Å². The summed E-state index contributed by atoms with van der Waals surface area (Å²) in [7, 11) is 0. The first-order chi connectivity index (χ1) is 16.2. The van der Waals surface area contributed by atoms with Crippen LogP contribution in [0, 0.1) is 5.92 Å². The van der Waals surface area contributed by atoms with Crippen molar-refractivity contribution in [3.05, 3.63) is 64.9 Å². The van der Waals surface area contributed by atoms with Crippen molar-refractivity contribution in [3.63, 3.8) is 0 Å². The van der Waals surface area contributed by atoms with Gasteiger partial charge in [0.1, 0.15) is 11.8 Å². The van der Waals surface area contributed by atoms with Gasteiger partial charge in [-0.15, -0.1) is 5.06 Å². The molecule has 4 heterocycles. The number of halogens is 3. The maximum absolute atomic E-state index is 12.8. The molecule has 1 fully saturated rings. The molecule has 1 aromatic carbocycles. The van der Waals surface area contributed by atoms with Crippen LogP contribution in [0.4, 0.5) is 13.2 Å². The number of hydrogen-bond acceptors (Lipinski definition) is 7. The van der Waals surface area contributed by atoms with E-state index in [1.54, 1.807) is 22.9 Å². The van der Waals surface area contributed by atoms with Gasteiger partial charge in [-0.3, -0.25) is 0 Å². The van der Waals surface area contributed by atoms with E-state index in [4.69, 9.17) is 15.3 Å². The van der Waals surface area contributed by atoms with Gasteiger partial charge in [0.25, 0.3) is 0 Å². The largest absolute Gasteiger partial charge is 0.439 e. The van der Waals surface area contributed by atoms with Crippen molar-refractivity contribution < 1.29 is 27.5 Å². The third-order valence-corrected chi connectivity index (χ3v) is 6.77. The second kappa shape index (κ2) is 10.4. The predicted molar refractivity (Wildman–Crippen MR) is 123 cm³/mol. The van der Waals surface area contributed by atoms with E-state index >= 15 is 0 Å². The van der Waals surface area contributed by atoms with Crippen LogP contribution in [-0.4, -0.2) is 47.2 Å². The molecule has 0 radical (unpaired) electrons. The fourth-order valence-electron chi connectivity index (χ4n) is 4.31. The van der Waals surface area contributed by atoms with Crippen LogP contribution in [0.1, 0.15) is 24.0 Å². The van der Waals surface area contributed by atoms with Crippen LogP contribution in [0.5, 0.6) is 11.6 Å². The quantitative estimate of drug-likeness (QED) is 0.589. The van der Waals surface area contributed by atoms with E-state index in [1.165, 1.54) is 11.6 Å². The van der Waals surface area contributed by atoms with Crippen molar-refractivity contribution in [3.8, 4) is 11.6 Å². The zero-order valence-electron chi connectivity index (χ0n) is 18.7. The predicted octanol–water partition coefficient (Wildman–Crippen LogP) is 4.61. The van der Waals surface area contributed by atoms with Gasteiger partial charge < -0.3 is 15.3 Å². The van der Waals surface area contributed by atoms with Gasteiger partial charge in [-0.2, -0.15) is 24.9 Å². The molecule has 0 aliphatic carbocycles. The van der Waals surface area contributed by atoms with Crippen molar-refractivity contribution in [1.29, 1.82) is 0 Å². The summed E-state index contributed by atoms with van der Waals surface area (Å²) in [4.78, 5) is 21.9. The maximum atomic E-state index is 12.8. The number of fused-ring (bicyclic) bond motifs is 6. The Bertz CT molecular complexity index is 1050. The highest BCUT2D eigenvalue weighted by molar-refractivity contribution is 7.98. The number of nitrogens with two attached hydrogens (primary N) is 1. The van der Waals surface area contributed by atoms with Crippen LogP contribution in [0.3, 0.4) is 0 Å². The number of thioether (sulfide) groups is 1. The molecule has 3 aliphatic heterocycles. The van der Waals surface area contributed by atoms with E-state index in [1.807, 2.05) is 24.5 Å². The molecule has 0 amide bonds. The van der Waals surface area contributed by atoms with Gasteiger partial charge >= 0.3 is 12.1 Å². The summed E-state index contributed by atoms with van der Waals surface area (Å²) in [6.07, 6.45) is 0.507. The number of hydrogen-bond donors (Lipinski definition) is 1. The van der Waals surface area contributed by atoms with E-state index in [2.05, 4.69) is 4.98 Å². The number of carbonyl (C=O) groups excluding carboxylic acids is 1. The average Bonchev–Trinajstić information content (AvgIpc) is 2.87. The Morgan fingerprint density at radius 3 is 2.65 bits per heavy atom. The first-order valence-corrected chi connectivity index (χ1v) is 12.4. The molecule has 1 saturated heterocycles. The number of ether oxygens (including phenoxy) is 1. The number of carbonyl (C=O) groups is 1. The van der Waals surface area contributed by atoms with Gasteiger partial charge in [0, 0.05) is 37.0 Å². The van der Waals surface area contributed by atoms with E-state index in [0.717, 1.165) is 36.2 Å². The minimum Gasteiger partial charge on any atom is -0.439 e. The molecule has 182 valence electrons. The third-order valence-electron chi connectivity index (χ3n) is 6.08. The smallest absolute Gasteiger partial charge is 0.417 e. The zero-order valence-corrected chi connectivity index (χ0v) is 19.5. The second-order valence-corrected chi connectivity index (χ2v) is 9.28. The molecule has 34 heavy (non-hydrogen) atoms. The van der Waals surface area contributed by atoms with Crippen LogP contribution < -0.4 is 10.5 Å². The summed E-state index contributed by atoms with van der Waals surface area (Å²) >= 11 is 1.64. The standard InChI is InChI=1S/C24H26F3N3O3S/c1-34-14-20-19(16-7-9-30(10-8-16)33-23(31)22(20)28)12-15-3-2-4-18(11-15)32-21-6-5-17(13-29-21)24(25,26)27/h2-6,11,13,20,22H,7-10,12,14,28H2,1H3. The normalized spacial score (nSPS) is 23.2. The fraction of sp³-hybridized carbons (Fsp3) is 0.417. The van der Waals surface area contributed by atoms with Crippen LogP contribution in [0.15, 0.2) is 53.7 Å². The van der Waals surface area contributed by atoms with Crippen LogP contribution in [0.25, 0.3) is 0 Å². The number of pyridine rings is 1. The Kier molecular flexibility index (Phi) is 7.49. The molecule has 3 aliphatic rings. The van der Waals surface area contributed by atoms with Gasteiger partial charge in [0.05, 0.1) is 5.56 Å². The Morgan fingerprint density at radius 1 is 1.24 bits per heavy atom. The van der Waals surface area contributed by atoms with Crippen molar-refractivity contribution in [1.82, 2.24) is 10.0 Å². The van der Waals surface area contributed by atoms with Gasteiger partial charge in [-0.25, -0.2) is 9.78 Å². The summed E-state index contributed by atoms with van der Waals surface area (Å²) in [6, 6.07) is 8.74. The molecular formula is C24H26F3N3O3S. The summed E-state index contributed by atoms with van der Waals surface area (Å²) < 4.78 is 44.0. The maximum Gasteiger partial charge on any atom is 0.417 e. The van der Waals surface area contributed by atoms with Gasteiger partial charge in [0.15, 0.2) is 0 Å². The number of piperidine rings is 1. The molecule has 2 N–H and O–H groups in total.